The summed E-state index contributed by atoms with van der Waals surface area (Å²) in [4.78, 5) is 25.8. The first-order valence-corrected chi connectivity index (χ1v) is 8.74. The van der Waals surface area contributed by atoms with Gasteiger partial charge in [0, 0.05) is 17.4 Å². The molecule has 0 saturated carbocycles. The van der Waals surface area contributed by atoms with E-state index in [-0.39, 0.29) is 17.6 Å². The van der Waals surface area contributed by atoms with E-state index in [9.17, 15) is 9.18 Å². The van der Waals surface area contributed by atoms with Gasteiger partial charge < -0.3 is 15.9 Å². The Hall–Kier alpha value is -3.07. The van der Waals surface area contributed by atoms with Gasteiger partial charge in [0.2, 0.25) is 0 Å². The quantitative estimate of drug-likeness (QED) is 0.717. The highest BCUT2D eigenvalue weighted by Crippen LogP contribution is 2.36. The predicted octanol–water partition coefficient (Wildman–Crippen LogP) is 2.54. The minimum absolute atomic E-state index is 0.229. The van der Waals surface area contributed by atoms with Gasteiger partial charge >= 0.3 is 0 Å². The summed E-state index contributed by atoms with van der Waals surface area (Å²) >= 11 is 1.49. The van der Waals surface area contributed by atoms with E-state index in [0.29, 0.717) is 18.8 Å². The van der Waals surface area contributed by atoms with E-state index < -0.39 is 5.91 Å². The van der Waals surface area contributed by atoms with Crippen molar-refractivity contribution in [1.29, 1.82) is 0 Å². The number of amides is 1. The van der Waals surface area contributed by atoms with Crippen molar-refractivity contribution in [2.75, 3.05) is 11.9 Å². The number of fused-ring (bicyclic) bond motifs is 1. The molecule has 0 bridgehead atoms. The van der Waals surface area contributed by atoms with Gasteiger partial charge in [-0.3, -0.25) is 4.79 Å². The summed E-state index contributed by atoms with van der Waals surface area (Å²) in [5.41, 5.74) is 7.24. The lowest BCUT2D eigenvalue weighted by Crippen LogP contribution is -2.26. The number of anilines is 1. The molecule has 2 aromatic heterocycles. The predicted molar refractivity (Wildman–Crippen MR) is 97.4 cm³/mol. The number of nitrogens with zero attached hydrogens (tertiary/aromatic N) is 3. The number of primary amides is 1. The molecule has 4 rings (SSSR count). The van der Waals surface area contributed by atoms with E-state index in [4.69, 9.17) is 10.6 Å². The first-order valence-electron chi connectivity index (χ1n) is 7.86. The third kappa shape index (κ3) is 3.08. The third-order valence-corrected chi connectivity index (χ3v) is 4.93. The molecule has 0 saturated heterocycles. The molecule has 0 spiro atoms. The molecule has 0 radical (unpaired) electrons. The molecule has 3 aromatic rings. The van der Waals surface area contributed by atoms with Crippen LogP contribution in [0, 0.1) is 5.82 Å². The Balaban J connectivity index is 1.59. The van der Waals surface area contributed by atoms with Gasteiger partial charge in [-0.2, -0.15) is 0 Å². The number of carbonyl (C=O) groups excluding carboxylic acids is 1. The second-order valence-electron chi connectivity index (χ2n) is 5.77. The lowest BCUT2D eigenvalue weighted by Gasteiger charge is -2.11. The number of benzene rings is 1. The fourth-order valence-electron chi connectivity index (χ4n) is 2.74. The molecule has 1 aliphatic rings. The monoisotopic (exact) mass is 371 g/mol. The van der Waals surface area contributed by atoms with Crippen LogP contribution in [0.15, 0.2) is 41.1 Å². The lowest BCUT2D eigenvalue weighted by molar-refractivity contribution is -0.112. The maximum Gasteiger partial charge on any atom is 0.266 e. The van der Waals surface area contributed by atoms with E-state index in [0.717, 1.165) is 21.3 Å². The summed E-state index contributed by atoms with van der Waals surface area (Å²) in [6.07, 6.45) is 1.54. The SMILES string of the molecule is NC(=O)C1=NOC(CNc2ncnc3scc(-c4ccc(F)cc4)c23)C1. The number of thiophene rings is 1. The summed E-state index contributed by atoms with van der Waals surface area (Å²) in [5.74, 6) is -0.216. The van der Waals surface area contributed by atoms with Crippen LogP contribution in [0.25, 0.3) is 21.3 Å². The van der Waals surface area contributed by atoms with E-state index in [1.165, 1.54) is 29.8 Å². The van der Waals surface area contributed by atoms with E-state index in [2.05, 4.69) is 20.4 Å². The lowest BCUT2D eigenvalue weighted by atomic mass is 10.1. The molecule has 3 N–H and O–H groups in total. The summed E-state index contributed by atoms with van der Waals surface area (Å²) in [5, 5.41) is 9.75. The summed E-state index contributed by atoms with van der Waals surface area (Å²) in [7, 11) is 0. The van der Waals surface area contributed by atoms with Gasteiger partial charge in [0.15, 0.2) is 6.10 Å². The molecular formula is C17H14FN5O2S. The first-order chi connectivity index (χ1) is 12.6. The summed E-state index contributed by atoms with van der Waals surface area (Å²) < 4.78 is 13.2. The van der Waals surface area contributed by atoms with Crippen LogP contribution < -0.4 is 11.1 Å². The zero-order valence-corrected chi connectivity index (χ0v) is 14.3. The van der Waals surface area contributed by atoms with Crippen molar-refractivity contribution in [2.24, 2.45) is 10.9 Å². The number of oxime groups is 1. The van der Waals surface area contributed by atoms with E-state index in [1.54, 1.807) is 12.1 Å². The Morgan fingerprint density at radius 1 is 1.35 bits per heavy atom. The van der Waals surface area contributed by atoms with Crippen molar-refractivity contribution in [2.45, 2.75) is 12.5 Å². The molecule has 9 heteroatoms. The van der Waals surface area contributed by atoms with Crippen molar-refractivity contribution in [1.82, 2.24) is 9.97 Å². The molecule has 1 amide bonds. The molecule has 1 unspecified atom stereocenters. The Morgan fingerprint density at radius 3 is 2.88 bits per heavy atom. The third-order valence-electron chi connectivity index (χ3n) is 4.04. The van der Waals surface area contributed by atoms with Crippen LogP contribution in [-0.4, -0.2) is 34.2 Å². The van der Waals surface area contributed by atoms with Crippen LogP contribution in [-0.2, 0) is 9.63 Å². The number of hydrogen-bond acceptors (Lipinski definition) is 7. The van der Waals surface area contributed by atoms with Crippen molar-refractivity contribution in [3.63, 3.8) is 0 Å². The highest BCUT2D eigenvalue weighted by molar-refractivity contribution is 7.17. The second-order valence-corrected chi connectivity index (χ2v) is 6.63. The van der Waals surface area contributed by atoms with Crippen LogP contribution in [0.4, 0.5) is 10.2 Å². The molecule has 132 valence electrons. The summed E-state index contributed by atoms with van der Waals surface area (Å²) in [6.45, 7) is 0.408. The maximum absolute atomic E-state index is 13.2. The highest BCUT2D eigenvalue weighted by atomic mass is 32.1. The topological polar surface area (TPSA) is 102 Å². The number of halogens is 1. The standard InChI is InChI=1S/C17H14FN5O2S/c18-10-3-1-9(2-4-10)12-7-26-17-14(12)16(21-8-22-17)20-6-11-5-13(15(19)24)23-25-11/h1-4,7-8,11H,5-6H2,(H2,19,24)(H,20,21,22). The molecule has 3 heterocycles. The van der Waals surface area contributed by atoms with Gasteiger partial charge in [-0.25, -0.2) is 14.4 Å². The Labute approximate surface area is 151 Å². The van der Waals surface area contributed by atoms with Crippen molar-refractivity contribution in [3.05, 3.63) is 41.8 Å². The number of rotatable bonds is 5. The zero-order chi connectivity index (χ0) is 18.1. The normalized spacial score (nSPS) is 16.3. The summed E-state index contributed by atoms with van der Waals surface area (Å²) in [6, 6.07) is 6.29. The molecular weight excluding hydrogens is 357 g/mol. The Bertz CT molecular complexity index is 1000. The average molecular weight is 371 g/mol. The average Bonchev–Trinajstić information content (AvgIpc) is 3.28. The first kappa shape index (κ1) is 16.4. The Morgan fingerprint density at radius 2 is 2.15 bits per heavy atom. The fourth-order valence-corrected chi connectivity index (χ4v) is 3.66. The van der Waals surface area contributed by atoms with Gasteiger partial charge in [0.05, 0.1) is 11.9 Å². The zero-order valence-electron chi connectivity index (χ0n) is 13.5. The number of hydrogen-bond donors (Lipinski definition) is 2. The van der Waals surface area contributed by atoms with Gasteiger partial charge in [0.25, 0.3) is 5.91 Å². The largest absolute Gasteiger partial charge is 0.390 e. The van der Waals surface area contributed by atoms with Crippen LogP contribution in [0.2, 0.25) is 0 Å². The van der Waals surface area contributed by atoms with Crippen LogP contribution in [0.1, 0.15) is 6.42 Å². The number of nitrogens with two attached hydrogens (primary N) is 1. The minimum Gasteiger partial charge on any atom is -0.390 e. The maximum atomic E-state index is 13.2. The molecule has 7 nitrogen and oxygen atoms in total. The highest BCUT2D eigenvalue weighted by Gasteiger charge is 2.25. The molecule has 1 aliphatic heterocycles. The minimum atomic E-state index is -0.576. The van der Waals surface area contributed by atoms with Crippen molar-refractivity contribution >= 4 is 39.0 Å². The molecule has 0 fully saturated rings. The van der Waals surface area contributed by atoms with Crippen LogP contribution in [0.3, 0.4) is 0 Å². The molecule has 1 atom stereocenters. The smallest absolute Gasteiger partial charge is 0.266 e. The van der Waals surface area contributed by atoms with Gasteiger partial charge in [-0.1, -0.05) is 17.3 Å². The van der Waals surface area contributed by atoms with Crippen LogP contribution >= 0.6 is 11.3 Å². The fraction of sp³-hybridized carbons (Fsp3) is 0.176. The van der Waals surface area contributed by atoms with Crippen LogP contribution in [0.5, 0.6) is 0 Å². The molecule has 0 aliphatic carbocycles. The Kier molecular flexibility index (Phi) is 4.21. The number of aromatic nitrogens is 2. The van der Waals surface area contributed by atoms with Crippen molar-refractivity contribution < 1.29 is 14.0 Å². The van der Waals surface area contributed by atoms with Gasteiger partial charge in [0.1, 0.15) is 28.5 Å². The molecule has 26 heavy (non-hydrogen) atoms. The molecule has 1 aromatic carbocycles. The van der Waals surface area contributed by atoms with Crippen molar-refractivity contribution in [3.8, 4) is 11.1 Å². The van der Waals surface area contributed by atoms with Gasteiger partial charge in [-0.15, -0.1) is 11.3 Å². The van der Waals surface area contributed by atoms with E-state index >= 15 is 0 Å². The number of nitrogens with one attached hydrogen (secondary N) is 1. The van der Waals surface area contributed by atoms with E-state index in [1.807, 2.05) is 5.38 Å². The number of carbonyl (C=O) groups is 1. The second kappa shape index (κ2) is 6.68. The van der Waals surface area contributed by atoms with Gasteiger partial charge in [-0.05, 0) is 17.7 Å².